The van der Waals surface area contributed by atoms with Gasteiger partial charge in [-0.15, -0.1) is 0 Å². The van der Waals surface area contributed by atoms with E-state index in [1.54, 1.807) is 31.6 Å². The van der Waals surface area contributed by atoms with Gasteiger partial charge in [0, 0.05) is 17.5 Å². The molecule has 0 fully saturated rings. The number of methoxy groups -OCH3 is 1. The van der Waals surface area contributed by atoms with E-state index < -0.39 is 6.10 Å². The summed E-state index contributed by atoms with van der Waals surface area (Å²) in [5.74, 6) is 1.13. The largest absolute Gasteiger partial charge is 0.497 e. The third kappa shape index (κ3) is 5.14. The minimum absolute atomic E-state index is 0.0610. The molecule has 7 heteroatoms. The molecule has 0 saturated carbocycles. The van der Waals surface area contributed by atoms with Gasteiger partial charge in [0.05, 0.1) is 42.9 Å². The minimum Gasteiger partial charge on any atom is -0.497 e. The summed E-state index contributed by atoms with van der Waals surface area (Å²) in [4.78, 5) is 17.7. The van der Waals surface area contributed by atoms with Gasteiger partial charge in [-0.05, 0) is 48.5 Å². The summed E-state index contributed by atoms with van der Waals surface area (Å²) >= 11 is 0. The second-order valence-corrected chi connectivity index (χ2v) is 7.26. The number of aliphatic hydroxyl groups is 1. The number of nitrogens with zero attached hydrogens (tertiary/aromatic N) is 1. The number of furan rings is 1. The summed E-state index contributed by atoms with van der Waals surface area (Å²) in [7, 11) is 1.61. The van der Waals surface area contributed by atoms with E-state index in [0.29, 0.717) is 22.5 Å². The van der Waals surface area contributed by atoms with E-state index >= 15 is 0 Å². The molecular formula is C25H24N2O5. The molecule has 0 saturated heterocycles. The minimum atomic E-state index is -0.844. The van der Waals surface area contributed by atoms with E-state index in [2.05, 4.69) is 5.32 Å². The second-order valence-electron chi connectivity index (χ2n) is 7.26. The molecule has 0 aliphatic rings. The van der Waals surface area contributed by atoms with Gasteiger partial charge in [-0.25, -0.2) is 4.98 Å². The molecule has 0 unspecified atom stereocenters. The summed E-state index contributed by atoms with van der Waals surface area (Å²) in [5, 5.41) is 13.7. The standard InChI is InChI=1S/C25H24N2O5/c1-30-19-10-8-17(9-11-19)24-13-22(21-6-2-3-7-23(21)27-24)25(29)26-14-18(28)15-31-16-20-5-4-12-32-20/h2-13,18,28H,14-16H2,1H3,(H,26,29)/t18-/m0/s1. The summed E-state index contributed by atoms with van der Waals surface area (Å²) in [5.41, 5.74) is 2.76. The molecule has 0 aliphatic heterocycles. The van der Waals surface area contributed by atoms with Crippen molar-refractivity contribution >= 4 is 16.8 Å². The van der Waals surface area contributed by atoms with Gasteiger partial charge < -0.3 is 24.3 Å². The number of hydrogen-bond acceptors (Lipinski definition) is 6. The maximum Gasteiger partial charge on any atom is 0.252 e. The van der Waals surface area contributed by atoms with Crippen molar-refractivity contribution in [3.05, 3.63) is 84.3 Å². The van der Waals surface area contributed by atoms with Gasteiger partial charge in [0.1, 0.15) is 18.1 Å². The monoisotopic (exact) mass is 432 g/mol. The molecule has 32 heavy (non-hydrogen) atoms. The summed E-state index contributed by atoms with van der Waals surface area (Å²) in [6.07, 6.45) is 0.720. The number of nitrogens with one attached hydrogen (secondary N) is 1. The van der Waals surface area contributed by atoms with E-state index in [0.717, 1.165) is 16.7 Å². The van der Waals surface area contributed by atoms with Crippen LogP contribution in [0.25, 0.3) is 22.2 Å². The van der Waals surface area contributed by atoms with Crippen molar-refractivity contribution in [2.24, 2.45) is 0 Å². The average Bonchev–Trinajstić information content (AvgIpc) is 3.35. The molecule has 2 heterocycles. The smallest absolute Gasteiger partial charge is 0.252 e. The van der Waals surface area contributed by atoms with Crippen molar-refractivity contribution in [2.45, 2.75) is 12.7 Å². The van der Waals surface area contributed by atoms with Crippen LogP contribution in [0.4, 0.5) is 0 Å². The number of ether oxygens (including phenoxy) is 2. The molecule has 2 aromatic heterocycles. The van der Waals surface area contributed by atoms with Gasteiger partial charge in [0.2, 0.25) is 0 Å². The SMILES string of the molecule is COc1ccc(-c2cc(C(=O)NC[C@H](O)COCc3ccco3)c3ccccc3n2)cc1. The van der Waals surface area contributed by atoms with Crippen molar-refractivity contribution in [3.8, 4) is 17.0 Å². The van der Waals surface area contributed by atoms with Crippen LogP contribution >= 0.6 is 0 Å². The predicted octanol–water partition coefficient (Wildman–Crippen LogP) is 3.81. The Kier molecular flexibility index (Phi) is 6.79. The Morgan fingerprint density at radius 2 is 1.94 bits per heavy atom. The number of pyridine rings is 1. The quantitative estimate of drug-likeness (QED) is 0.418. The highest BCUT2D eigenvalue weighted by Gasteiger charge is 2.15. The normalized spacial score (nSPS) is 11.9. The number of benzene rings is 2. The lowest BCUT2D eigenvalue weighted by Gasteiger charge is -2.14. The fourth-order valence-corrected chi connectivity index (χ4v) is 3.33. The van der Waals surface area contributed by atoms with E-state index in [-0.39, 0.29) is 25.7 Å². The third-order valence-electron chi connectivity index (χ3n) is 4.98. The molecule has 1 atom stereocenters. The molecule has 2 aromatic carbocycles. The van der Waals surface area contributed by atoms with Crippen molar-refractivity contribution < 1.29 is 23.8 Å². The summed E-state index contributed by atoms with van der Waals surface area (Å²) in [6.45, 7) is 0.402. The van der Waals surface area contributed by atoms with E-state index in [9.17, 15) is 9.90 Å². The molecule has 0 bridgehead atoms. The van der Waals surface area contributed by atoms with E-state index in [4.69, 9.17) is 18.9 Å². The van der Waals surface area contributed by atoms with Gasteiger partial charge in [-0.2, -0.15) is 0 Å². The number of carbonyl (C=O) groups excluding carboxylic acids is 1. The van der Waals surface area contributed by atoms with Crippen LogP contribution in [0, 0.1) is 0 Å². The van der Waals surface area contributed by atoms with Crippen molar-refractivity contribution in [1.29, 1.82) is 0 Å². The third-order valence-corrected chi connectivity index (χ3v) is 4.98. The number of para-hydroxylation sites is 1. The highest BCUT2D eigenvalue weighted by molar-refractivity contribution is 6.07. The summed E-state index contributed by atoms with van der Waals surface area (Å²) < 4.78 is 15.8. The Bertz CT molecular complexity index is 1170. The van der Waals surface area contributed by atoms with Crippen LogP contribution < -0.4 is 10.1 Å². The molecule has 164 valence electrons. The predicted molar refractivity (Wildman–Crippen MR) is 120 cm³/mol. The lowest BCUT2D eigenvalue weighted by Crippen LogP contribution is -2.34. The fraction of sp³-hybridized carbons (Fsp3) is 0.200. The second kappa shape index (κ2) is 10.1. The Hall–Kier alpha value is -3.68. The van der Waals surface area contributed by atoms with Gasteiger partial charge in [0.15, 0.2) is 0 Å². The Morgan fingerprint density at radius 1 is 1.12 bits per heavy atom. The Morgan fingerprint density at radius 3 is 2.69 bits per heavy atom. The zero-order valence-corrected chi connectivity index (χ0v) is 17.7. The lowest BCUT2D eigenvalue weighted by molar-refractivity contribution is 0.0225. The van der Waals surface area contributed by atoms with E-state index in [1.807, 2.05) is 48.5 Å². The first-order valence-electron chi connectivity index (χ1n) is 10.2. The highest BCUT2D eigenvalue weighted by Crippen LogP contribution is 2.26. The zero-order valence-electron chi connectivity index (χ0n) is 17.7. The van der Waals surface area contributed by atoms with Crippen molar-refractivity contribution in [1.82, 2.24) is 10.3 Å². The average molecular weight is 432 g/mol. The van der Waals surface area contributed by atoms with Gasteiger partial charge in [-0.3, -0.25) is 4.79 Å². The number of hydrogen-bond donors (Lipinski definition) is 2. The molecular weight excluding hydrogens is 408 g/mol. The van der Waals surface area contributed by atoms with Gasteiger partial charge in [-0.1, -0.05) is 18.2 Å². The van der Waals surface area contributed by atoms with Crippen molar-refractivity contribution in [2.75, 3.05) is 20.3 Å². The van der Waals surface area contributed by atoms with Crippen LogP contribution in [0.2, 0.25) is 0 Å². The first-order valence-corrected chi connectivity index (χ1v) is 10.2. The van der Waals surface area contributed by atoms with Crippen molar-refractivity contribution in [3.63, 3.8) is 0 Å². The van der Waals surface area contributed by atoms with Crippen LogP contribution in [-0.4, -0.2) is 42.4 Å². The number of aromatic nitrogens is 1. The maximum absolute atomic E-state index is 13.0. The molecule has 0 spiro atoms. The molecule has 0 radical (unpaired) electrons. The van der Waals surface area contributed by atoms with Gasteiger partial charge >= 0.3 is 0 Å². The number of aliphatic hydroxyl groups excluding tert-OH is 1. The van der Waals surface area contributed by atoms with Crippen LogP contribution in [0.1, 0.15) is 16.1 Å². The Balaban J connectivity index is 1.47. The molecule has 0 aliphatic carbocycles. The number of amides is 1. The summed E-state index contributed by atoms with van der Waals surface area (Å²) in [6, 6.07) is 20.3. The first-order chi connectivity index (χ1) is 15.6. The van der Waals surface area contributed by atoms with Crippen LogP contribution in [0.3, 0.4) is 0 Å². The molecule has 4 aromatic rings. The molecule has 2 N–H and O–H groups in total. The van der Waals surface area contributed by atoms with E-state index in [1.165, 1.54) is 0 Å². The maximum atomic E-state index is 13.0. The lowest BCUT2D eigenvalue weighted by atomic mass is 10.0. The number of rotatable bonds is 9. The fourth-order valence-electron chi connectivity index (χ4n) is 3.33. The molecule has 7 nitrogen and oxygen atoms in total. The number of carbonyl (C=O) groups is 1. The Labute approximate surface area is 185 Å². The number of fused-ring (bicyclic) bond motifs is 1. The molecule has 1 amide bonds. The van der Waals surface area contributed by atoms with Gasteiger partial charge in [0.25, 0.3) is 5.91 Å². The first kappa shape index (κ1) is 21.5. The van der Waals surface area contributed by atoms with Crippen LogP contribution in [0.5, 0.6) is 5.75 Å². The molecule has 4 rings (SSSR count). The zero-order chi connectivity index (χ0) is 22.3. The van der Waals surface area contributed by atoms with Crippen LogP contribution in [0.15, 0.2) is 77.4 Å². The topological polar surface area (TPSA) is 93.8 Å². The van der Waals surface area contributed by atoms with Crippen LogP contribution in [-0.2, 0) is 11.3 Å². The highest BCUT2D eigenvalue weighted by atomic mass is 16.5.